The molecule has 2 nitrogen and oxygen atoms in total. The van der Waals surface area contributed by atoms with E-state index in [2.05, 4.69) is 33.0 Å². The fourth-order valence-electron chi connectivity index (χ4n) is 1.37. The molecule has 0 saturated carbocycles. The van der Waals surface area contributed by atoms with Gasteiger partial charge in [0.2, 0.25) is 0 Å². The minimum Gasteiger partial charge on any atom is -0.325 e. The van der Waals surface area contributed by atoms with Gasteiger partial charge >= 0.3 is 0 Å². The van der Waals surface area contributed by atoms with Gasteiger partial charge < -0.3 is 5.73 Å². The lowest BCUT2D eigenvalue weighted by atomic mass is 10.1. The van der Waals surface area contributed by atoms with Gasteiger partial charge in [-0.2, -0.15) is 0 Å². The molecule has 0 bridgehead atoms. The van der Waals surface area contributed by atoms with Crippen molar-refractivity contribution < 1.29 is 0 Å². The Balaban J connectivity index is 2.14. The third kappa shape index (κ3) is 2.87. The van der Waals surface area contributed by atoms with Crippen molar-refractivity contribution >= 4 is 27.3 Å². The Morgan fingerprint density at radius 1 is 1.40 bits per heavy atom. The molecule has 2 N–H and O–H groups in total. The molecule has 0 atom stereocenters. The summed E-state index contributed by atoms with van der Waals surface area (Å²) in [5, 5.41) is 1.000. The summed E-state index contributed by atoms with van der Waals surface area (Å²) in [5.41, 5.74) is 6.81. The highest BCUT2D eigenvalue weighted by molar-refractivity contribution is 9.10. The van der Waals surface area contributed by atoms with Crippen LogP contribution < -0.4 is 5.73 Å². The van der Waals surface area contributed by atoms with Crippen molar-refractivity contribution in [3.63, 3.8) is 0 Å². The van der Waals surface area contributed by atoms with Crippen LogP contribution in [0.1, 0.15) is 15.4 Å². The number of rotatable bonds is 3. The molecule has 2 aromatic rings. The maximum absolute atomic E-state index is 5.52. The molecule has 15 heavy (non-hydrogen) atoms. The summed E-state index contributed by atoms with van der Waals surface area (Å²) in [6, 6.07) is 8.32. The normalized spacial score (nSPS) is 10.5. The molecule has 0 fully saturated rings. The van der Waals surface area contributed by atoms with Gasteiger partial charge in [-0.25, -0.2) is 4.98 Å². The van der Waals surface area contributed by atoms with Crippen molar-refractivity contribution in [2.24, 2.45) is 5.73 Å². The highest BCUT2D eigenvalue weighted by Gasteiger charge is 2.01. The second-order valence-corrected chi connectivity index (χ2v) is 5.35. The van der Waals surface area contributed by atoms with Crippen molar-refractivity contribution in [1.82, 2.24) is 4.98 Å². The highest BCUT2D eigenvalue weighted by atomic mass is 79.9. The molecule has 0 saturated heterocycles. The molecule has 78 valence electrons. The Bertz CT molecular complexity index is 453. The summed E-state index contributed by atoms with van der Waals surface area (Å²) < 4.78 is 1.11. The minimum absolute atomic E-state index is 0.531. The van der Waals surface area contributed by atoms with Crippen LogP contribution in [0.4, 0.5) is 0 Å². The van der Waals surface area contributed by atoms with Crippen LogP contribution in [0.5, 0.6) is 0 Å². The first-order chi connectivity index (χ1) is 7.28. The highest BCUT2D eigenvalue weighted by Crippen LogP contribution is 2.19. The first-order valence-electron chi connectivity index (χ1n) is 4.66. The van der Waals surface area contributed by atoms with E-state index in [9.17, 15) is 0 Å². The van der Waals surface area contributed by atoms with Gasteiger partial charge in [0.15, 0.2) is 0 Å². The molecular formula is C11H11BrN2S. The maximum atomic E-state index is 5.52. The molecule has 0 aliphatic rings. The molecule has 1 aromatic carbocycles. The summed E-state index contributed by atoms with van der Waals surface area (Å²) in [4.78, 5) is 5.49. The van der Waals surface area contributed by atoms with Crippen LogP contribution in [0.3, 0.4) is 0 Å². The minimum atomic E-state index is 0.531. The predicted molar refractivity (Wildman–Crippen MR) is 67.0 cm³/mol. The number of halogens is 1. The quantitative estimate of drug-likeness (QED) is 0.940. The van der Waals surface area contributed by atoms with Crippen LogP contribution in [0.15, 0.2) is 34.9 Å². The van der Waals surface area contributed by atoms with E-state index >= 15 is 0 Å². The summed E-state index contributed by atoms with van der Waals surface area (Å²) in [7, 11) is 0. The number of aromatic nitrogens is 1. The van der Waals surface area contributed by atoms with E-state index in [-0.39, 0.29) is 0 Å². The Kier molecular flexibility index (Phi) is 3.51. The van der Waals surface area contributed by atoms with Crippen molar-refractivity contribution in [3.8, 4) is 0 Å². The zero-order chi connectivity index (χ0) is 10.7. The molecule has 0 amide bonds. The van der Waals surface area contributed by atoms with Crippen LogP contribution in [-0.4, -0.2) is 4.98 Å². The number of hydrogen-bond acceptors (Lipinski definition) is 3. The van der Waals surface area contributed by atoms with Crippen molar-refractivity contribution in [2.45, 2.75) is 13.0 Å². The van der Waals surface area contributed by atoms with Crippen LogP contribution in [-0.2, 0) is 13.0 Å². The molecular weight excluding hydrogens is 272 g/mol. The Hall–Kier alpha value is -0.710. The number of nitrogens with two attached hydrogens (primary N) is 1. The number of nitrogens with zero attached hydrogens (tertiary/aromatic N) is 1. The largest absolute Gasteiger partial charge is 0.325 e. The molecule has 0 aliphatic carbocycles. The van der Waals surface area contributed by atoms with Gasteiger partial charge in [0, 0.05) is 28.5 Å². The zero-order valence-corrected chi connectivity index (χ0v) is 10.5. The Morgan fingerprint density at radius 2 is 2.27 bits per heavy atom. The van der Waals surface area contributed by atoms with E-state index in [4.69, 9.17) is 5.73 Å². The van der Waals surface area contributed by atoms with E-state index in [1.165, 1.54) is 10.4 Å². The van der Waals surface area contributed by atoms with Gasteiger partial charge in [-0.05, 0) is 17.7 Å². The first kappa shape index (κ1) is 10.8. The lowest BCUT2D eigenvalue weighted by molar-refractivity contribution is 1.04. The molecule has 2 rings (SSSR count). The molecule has 0 radical (unpaired) electrons. The molecule has 0 aliphatic heterocycles. The maximum Gasteiger partial charge on any atom is 0.106 e. The molecule has 0 unspecified atom stereocenters. The van der Waals surface area contributed by atoms with Crippen LogP contribution in [0.2, 0.25) is 0 Å². The second-order valence-electron chi connectivity index (χ2n) is 3.23. The van der Waals surface area contributed by atoms with Gasteiger partial charge in [0.25, 0.3) is 0 Å². The number of thiazole rings is 1. The first-order valence-corrected chi connectivity index (χ1v) is 6.27. The number of hydrogen-bond donors (Lipinski definition) is 1. The second kappa shape index (κ2) is 4.88. The lowest BCUT2D eigenvalue weighted by Crippen LogP contribution is -1.93. The summed E-state index contributed by atoms with van der Waals surface area (Å²) >= 11 is 5.14. The molecule has 1 heterocycles. The fraction of sp³-hybridized carbons (Fsp3) is 0.182. The third-order valence-corrected chi connectivity index (χ3v) is 3.56. The van der Waals surface area contributed by atoms with Crippen LogP contribution in [0.25, 0.3) is 0 Å². The van der Waals surface area contributed by atoms with Gasteiger partial charge in [-0.15, -0.1) is 11.3 Å². The summed E-state index contributed by atoms with van der Waals surface area (Å²) in [6.45, 7) is 0.531. The van der Waals surface area contributed by atoms with E-state index in [0.717, 1.165) is 15.9 Å². The standard InChI is InChI=1S/C11H11BrN2S/c12-9-3-1-2-8(4-9)5-10-7-14-11(6-13)15-10/h1-4,7H,5-6,13H2. The van der Waals surface area contributed by atoms with E-state index in [1.807, 2.05) is 18.3 Å². The van der Waals surface area contributed by atoms with Gasteiger partial charge in [0.1, 0.15) is 5.01 Å². The Morgan fingerprint density at radius 3 is 2.93 bits per heavy atom. The lowest BCUT2D eigenvalue weighted by Gasteiger charge is -1.98. The monoisotopic (exact) mass is 282 g/mol. The van der Waals surface area contributed by atoms with Crippen LogP contribution in [0, 0.1) is 0 Å². The van der Waals surface area contributed by atoms with Crippen molar-refractivity contribution in [1.29, 1.82) is 0 Å². The van der Waals surface area contributed by atoms with Gasteiger partial charge in [-0.1, -0.05) is 28.1 Å². The number of benzene rings is 1. The third-order valence-electron chi connectivity index (χ3n) is 2.04. The van der Waals surface area contributed by atoms with Crippen molar-refractivity contribution in [3.05, 3.63) is 50.4 Å². The molecule has 4 heteroatoms. The summed E-state index contributed by atoms with van der Waals surface area (Å²) in [5.74, 6) is 0. The van der Waals surface area contributed by atoms with E-state index in [1.54, 1.807) is 11.3 Å². The predicted octanol–water partition coefficient (Wildman–Crippen LogP) is 2.96. The Labute approximate surface area is 101 Å². The van der Waals surface area contributed by atoms with Gasteiger partial charge in [0.05, 0.1) is 0 Å². The SMILES string of the molecule is NCc1ncc(Cc2cccc(Br)c2)s1. The van der Waals surface area contributed by atoms with E-state index in [0.29, 0.717) is 6.54 Å². The topological polar surface area (TPSA) is 38.9 Å². The average Bonchev–Trinajstić information content (AvgIpc) is 2.65. The van der Waals surface area contributed by atoms with Crippen LogP contribution >= 0.6 is 27.3 Å². The van der Waals surface area contributed by atoms with Gasteiger partial charge in [-0.3, -0.25) is 0 Å². The molecule has 1 aromatic heterocycles. The van der Waals surface area contributed by atoms with Crippen molar-refractivity contribution in [2.75, 3.05) is 0 Å². The van der Waals surface area contributed by atoms with E-state index < -0.39 is 0 Å². The smallest absolute Gasteiger partial charge is 0.106 e. The zero-order valence-electron chi connectivity index (χ0n) is 8.11. The molecule has 0 spiro atoms. The average molecular weight is 283 g/mol. The fourth-order valence-corrected chi connectivity index (χ4v) is 2.65. The summed E-state index contributed by atoms with van der Waals surface area (Å²) in [6.07, 6.45) is 2.84.